The third kappa shape index (κ3) is 4.57. The number of aliphatic hydroxyl groups is 1. The van der Waals surface area contributed by atoms with Crippen LogP contribution < -0.4 is 0 Å². The summed E-state index contributed by atoms with van der Waals surface area (Å²) in [5.41, 5.74) is -0.344. The Morgan fingerprint density at radius 3 is 2.41 bits per heavy atom. The lowest BCUT2D eigenvalue weighted by atomic mass is 9.85. The van der Waals surface area contributed by atoms with Crippen molar-refractivity contribution in [1.82, 2.24) is 0 Å². The first-order chi connectivity index (χ1) is 8.25. The van der Waals surface area contributed by atoms with E-state index in [4.69, 9.17) is 9.47 Å². The lowest BCUT2D eigenvalue weighted by molar-refractivity contribution is -0.154. The Morgan fingerprint density at radius 1 is 1.18 bits per heavy atom. The highest BCUT2D eigenvalue weighted by atomic mass is 16.5. The number of aliphatic hydroxyl groups excluding tert-OH is 1. The van der Waals surface area contributed by atoms with E-state index in [2.05, 4.69) is 6.92 Å². The zero-order valence-corrected chi connectivity index (χ0v) is 11.4. The molecule has 1 fully saturated rings. The van der Waals surface area contributed by atoms with Gasteiger partial charge in [0.05, 0.1) is 11.7 Å². The molecule has 1 rings (SSSR count). The van der Waals surface area contributed by atoms with Gasteiger partial charge in [0, 0.05) is 33.2 Å². The fourth-order valence-corrected chi connectivity index (χ4v) is 2.59. The number of hydrogen-bond donors (Lipinski definition) is 1. The van der Waals surface area contributed by atoms with Crippen LogP contribution in [-0.4, -0.2) is 37.1 Å². The van der Waals surface area contributed by atoms with Gasteiger partial charge in [0.25, 0.3) is 0 Å². The van der Waals surface area contributed by atoms with Gasteiger partial charge in [0.15, 0.2) is 0 Å². The number of ether oxygens (including phenoxy) is 2. The van der Waals surface area contributed by atoms with E-state index in [-0.39, 0.29) is 11.7 Å². The summed E-state index contributed by atoms with van der Waals surface area (Å²) in [6, 6.07) is 0. The Labute approximate surface area is 105 Å². The van der Waals surface area contributed by atoms with E-state index in [0.29, 0.717) is 13.2 Å². The Hall–Kier alpha value is -0.120. The molecular formula is C14H28O3. The minimum Gasteiger partial charge on any atom is -0.390 e. The highest BCUT2D eigenvalue weighted by molar-refractivity contribution is 4.90. The van der Waals surface area contributed by atoms with E-state index >= 15 is 0 Å². The Morgan fingerprint density at radius 2 is 1.82 bits per heavy atom. The molecule has 17 heavy (non-hydrogen) atoms. The molecule has 1 atom stereocenters. The van der Waals surface area contributed by atoms with Crippen LogP contribution >= 0.6 is 0 Å². The Kier molecular flexibility index (Phi) is 7.09. The molecule has 0 aromatic rings. The normalized spacial score (nSPS) is 21.4. The summed E-state index contributed by atoms with van der Waals surface area (Å²) in [5, 5.41) is 10.3. The molecule has 0 bridgehead atoms. The number of rotatable bonds is 8. The summed E-state index contributed by atoms with van der Waals surface area (Å²) < 4.78 is 10.9. The summed E-state index contributed by atoms with van der Waals surface area (Å²) >= 11 is 0. The third-order valence-electron chi connectivity index (χ3n) is 3.93. The predicted octanol–water partition coefficient (Wildman–Crippen LogP) is 2.90. The molecule has 1 unspecified atom stereocenters. The lowest BCUT2D eigenvalue weighted by Gasteiger charge is -2.39. The van der Waals surface area contributed by atoms with Gasteiger partial charge in [-0.3, -0.25) is 0 Å². The van der Waals surface area contributed by atoms with Crippen molar-refractivity contribution in [3.63, 3.8) is 0 Å². The van der Waals surface area contributed by atoms with Gasteiger partial charge in [-0.15, -0.1) is 0 Å². The molecule has 0 aliphatic carbocycles. The van der Waals surface area contributed by atoms with Gasteiger partial charge < -0.3 is 14.6 Å². The zero-order chi connectivity index (χ0) is 12.6. The maximum absolute atomic E-state index is 10.3. The maximum atomic E-state index is 10.3. The third-order valence-corrected chi connectivity index (χ3v) is 3.93. The fourth-order valence-electron chi connectivity index (χ4n) is 2.59. The van der Waals surface area contributed by atoms with Crippen molar-refractivity contribution in [2.45, 2.75) is 70.0 Å². The van der Waals surface area contributed by atoms with Crippen molar-refractivity contribution < 1.29 is 14.6 Å². The number of unbranched alkanes of at least 4 members (excludes halogenated alkanes) is 4. The summed E-state index contributed by atoms with van der Waals surface area (Å²) in [6.45, 7) is 3.64. The second-order valence-corrected chi connectivity index (χ2v) is 5.10. The summed E-state index contributed by atoms with van der Waals surface area (Å²) in [7, 11) is 1.71. The minimum atomic E-state index is -0.344. The molecule has 1 N–H and O–H groups in total. The highest BCUT2D eigenvalue weighted by Gasteiger charge is 2.39. The van der Waals surface area contributed by atoms with Crippen LogP contribution in [0.25, 0.3) is 0 Å². The maximum Gasteiger partial charge on any atom is 0.0980 e. The molecule has 1 saturated heterocycles. The first kappa shape index (κ1) is 14.9. The molecule has 3 heteroatoms. The standard InChI is InChI=1S/C14H28O3/c1-3-4-5-6-7-8-13(15)14(16-2)9-11-17-12-10-14/h13,15H,3-12H2,1-2H3. The van der Waals surface area contributed by atoms with Crippen molar-refractivity contribution in [2.24, 2.45) is 0 Å². The van der Waals surface area contributed by atoms with Gasteiger partial charge in [-0.2, -0.15) is 0 Å². The second kappa shape index (κ2) is 8.06. The lowest BCUT2D eigenvalue weighted by Crippen LogP contribution is -2.48. The molecule has 0 amide bonds. The SMILES string of the molecule is CCCCCCCC(O)C1(OC)CCOCC1. The molecule has 0 spiro atoms. The average Bonchev–Trinajstić information content (AvgIpc) is 2.39. The van der Waals surface area contributed by atoms with Gasteiger partial charge in [-0.25, -0.2) is 0 Å². The monoisotopic (exact) mass is 244 g/mol. The zero-order valence-electron chi connectivity index (χ0n) is 11.4. The topological polar surface area (TPSA) is 38.7 Å². The smallest absolute Gasteiger partial charge is 0.0980 e. The molecule has 1 heterocycles. The summed E-state index contributed by atoms with van der Waals surface area (Å²) in [5.74, 6) is 0. The van der Waals surface area contributed by atoms with Gasteiger partial charge in [0.2, 0.25) is 0 Å². The minimum absolute atomic E-state index is 0.335. The van der Waals surface area contributed by atoms with Crippen LogP contribution in [-0.2, 0) is 9.47 Å². The molecule has 1 aliphatic heterocycles. The second-order valence-electron chi connectivity index (χ2n) is 5.10. The molecule has 1 aliphatic rings. The molecule has 102 valence electrons. The highest BCUT2D eigenvalue weighted by Crippen LogP contribution is 2.30. The van der Waals surface area contributed by atoms with Crippen LogP contribution in [0.5, 0.6) is 0 Å². The molecular weight excluding hydrogens is 216 g/mol. The van der Waals surface area contributed by atoms with Crippen LogP contribution in [0, 0.1) is 0 Å². The Bertz CT molecular complexity index is 188. The molecule has 0 radical (unpaired) electrons. The fraction of sp³-hybridized carbons (Fsp3) is 1.00. The number of methoxy groups -OCH3 is 1. The quantitative estimate of drug-likeness (QED) is 0.667. The first-order valence-corrected chi connectivity index (χ1v) is 7.06. The first-order valence-electron chi connectivity index (χ1n) is 7.06. The molecule has 0 aromatic heterocycles. The van der Waals surface area contributed by atoms with E-state index < -0.39 is 0 Å². The largest absolute Gasteiger partial charge is 0.390 e. The summed E-state index contributed by atoms with van der Waals surface area (Å²) in [4.78, 5) is 0. The van der Waals surface area contributed by atoms with Crippen molar-refractivity contribution >= 4 is 0 Å². The van der Waals surface area contributed by atoms with Crippen molar-refractivity contribution in [2.75, 3.05) is 20.3 Å². The van der Waals surface area contributed by atoms with Crippen LogP contribution in [0.15, 0.2) is 0 Å². The van der Waals surface area contributed by atoms with Gasteiger partial charge >= 0.3 is 0 Å². The van der Waals surface area contributed by atoms with Crippen molar-refractivity contribution in [3.05, 3.63) is 0 Å². The van der Waals surface area contributed by atoms with Crippen molar-refractivity contribution in [3.8, 4) is 0 Å². The summed E-state index contributed by atoms with van der Waals surface area (Å²) in [6.07, 6.45) is 8.34. The molecule has 0 aromatic carbocycles. The van der Waals surface area contributed by atoms with E-state index in [9.17, 15) is 5.11 Å². The van der Waals surface area contributed by atoms with Gasteiger partial charge in [0.1, 0.15) is 0 Å². The van der Waals surface area contributed by atoms with Crippen LogP contribution in [0.4, 0.5) is 0 Å². The van der Waals surface area contributed by atoms with E-state index in [1.165, 1.54) is 25.7 Å². The van der Waals surface area contributed by atoms with E-state index in [1.807, 2.05) is 0 Å². The predicted molar refractivity (Wildman–Crippen MR) is 69.2 cm³/mol. The van der Waals surface area contributed by atoms with E-state index in [0.717, 1.165) is 25.7 Å². The molecule has 3 nitrogen and oxygen atoms in total. The van der Waals surface area contributed by atoms with Gasteiger partial charge in [-0.1, -0.05) is 39.0 Å². The Balaban J connectivity index is 2.25. The van der Waals surface area contributed by atoms with E-state index in [1.54, 1.807) is 7.11 Å². The number of hydrogen-bond acceptors (Lipinski definition) is 3. The average molecular weight is 244 g/mol. The molecule has 0 saturated carbocycles. The van der Waals surface area contributed by atoms with Gasteiger partial charge in [-0.05, 0) is 6.42 Å². The van der Waals surface area contributed by atoms with Crippen LogP contribution in [0.1, 0.15) is 58.3 Å². The van der Waals surface area contributed by atoms with Crippen LogP contribution in [0.2, 0.25) is 0 Å². The van der Waals surface area contributed by atoms with Crippen LogP contribution in [0.3, 0.4) is 0 Å². The van der Waals surface area contributed by atoms with Crippen molar-refractivity contribution in [1.29, 1.82) is 0 Å².